The minimum Gasteiger partial charge on any atom is -0.454 e. The van der Waals surface area contributed by atoms with Gasteiger partial charge in [-0.2, -0.15) is 5.26 Å². The van der Waals surface area contributed by atoms with Crippen LogP contribution in [0.4, 0.5) is 0 Å². The predicted molar refractivity (Wildman–Crippen MR) is 108 cm³/mol. The van der Waals surface area contributed by atoms with Gasteiger partial charge in [-0.15, -0.1) is 0 Å². The van der Waals surface area contributed by atoms with Crippen molar-refractivity contribution in [3.8, 4) is 6.07 Å². The zero-order valence-corrected chi connectivity index (χ0v) is 16.9. The van der Waals surface area contributed by atoms with E-state index in [9.17, 15) is 14.4 Å². The first-order chi connectivity index (χ1) is 13.8. The Labute approximate surface area is 169 Å². The monoisotopic (exact) mass is 392 g/mol. The molecule has 3 rings (SSSR count). The summed E-state index contributed by atoms with van der Waals surface area (Å²) in [6, 6.07) is 7.59. The van der Waals surface area contributed by atoms with E-state index in [0.29, 0.717) is 23.2 Å². The van der Waals surface area contributed by atoms with E-state index >= 15 is 0 Å². The predicted octanol–water partition coefficient (Wildman–Crippen LogP) is 3.10. The third-order valence-electron chi connectivity index (χ3n) is 5.56. The highest BCUT2D eigenvalue weighted by atomic mass is 16.5. The molecule has 29 heavy (non-hydrogen) atoms. The number of esters is 1. The summed E-state index contributed by atoms with van der Waals surface area (Å²) in [6.45, 7) is 5.01. The number of nitrogens with one attached hydrogen (secondary N) is 1. The van der Waals surface area contributed by atoms with Gasteiger partial charge in [-0.25, -0.2) is 0 Å². The number of H-pyrrole nitrogens is 1. The molecule has 2 aromatic rings. The number of carbonyl (C=O) groups excluding carboxylic acids is 2. The normalized spacial score (nSPS) is 13.4. The molecule has 1 aliphatic carbocycles. The van der Waals surface area contributed by atoms with Gasteiger partial charge in [0, 0.05) is 17.7 Å². The summed E-state index contributed by atoms with van der Waals surface area (Å²) >= 11 is 0. The molecular formula is C23H24N2O4. The number of hydrogen-bond donors (Lipinski definition) is 1. The van der Waals surface area contributed by atoms with E-state index in [0.717, 1.165) is 24.8 Å². The number of nitrogens with zero attached hydrogens (tertiary/aromatic N) is 1. The second kappa shape index (κ2) is 8.44. The Hall–Kier alpha value is -3.20. The summed E-state index contributed by atoms with van der Waals surface area (Å²) in [4.78, 5) is 39.4. The summed E-state index contributed by atoms with van der Waals surface area (Å²) in [6.07, 6.45) is 2.64. The Balaban J connectivity index is 1.63. The number of rotatable bonds is 6. The van der Waals surface area contributed by atoms with Crippen molar-refractivity contribution in [1.82, 2.24) is 4.98 Å². The zero-order chi connectivity index (χ0) is 21.1. The van der Waals surface area contributed by atoms with Crippen molar-refractivity contribution in [3.63, 3.8) is 0 Å². The Morgan fingerprint density at radius 2 is 1.97 bits per heavy atom. The highest BCUT2D eigenvalue weighted by Gasteiger charge is 2.22. The number of carbonyl (C=O) groups is 2. The van der Waals surface area contributed by atoms with Crippen molar-refractivity contribution in [3.05, 3.63) is 67.6 Å². The quantitative estimate of drug-likeness (QED) is 0.601. The summed E-state index contributed by atoms with van der Waals surface area (Å²) in [7, 11) is 0. The van der Waals surface area contributed by atoms with Crippen molar-refractivity contribution < 1.29 is 14.3 Å². The van der Waals surface area contributed by atoms with Gasteiger partial charge in [0.15, 0.2) is 6.10 Å². The lowest BCUT2D eigenvalue weighted by molar-refractivity contribution is -0.146. The van der Waals surface area contributed by atoms with Crippen LogP contribution in [0, 0.1) is 25.2 Å². The lowest BCUT2D eigenvalue weighted by Gasteiger charge is -2.14. The molecule has 0 amide bonds. The van der Waals surface area contributed by atoms with Crippen LogP contribution in [0.2, 0.25) is 0 Å². The molecule has 0 spiro atoms. The third-order valence-corrected chi connectivity index (χ3v) is 5.56. The molecule has 6 nitrogen and oxygen atoms in total. The zero-order valence-electron chi connectivity index (χ0n) is 16.9. The number of nitriles is 1. The van der Waals surface area contributed by atoms with Crippen LogP contribution in [0.3, 0.4) is 0 Å². The van der Waals surface area contributed by atoms with Gasteiger partial charge in [0.1, 0.15) is 11.6 Å². The van der Waals surface area contributed by atoms with E-state index < -0.39 is 17.6 Å². The molecule has 0 aliphatic heterocycles. The molecule has 6 heteroatoms. The summed E-state index contributed by atoms with van der Waals surface area (Å²) in [5, 5.41) is 9.14. The number of fused-ring (bicyclic) bond motifs is 1. The Morgan fingerprint density at radius 3 is 2.69 bits per heavy atom. The second-order valence-electron chi connectivity index (χ2n) is 7.50. The average molecular weight is 392 g/mol. The summed E-state index contributed by atoms with van der Waals surface area (Å²) in [5.41, 5.74) is 4.63. The van der Waals surface area contributed by atoms with Crippen molar-refractivity contribution in [2.75, 3.05) is 0 Å². The van der Waals surface area contributed by atoms with E-state index in [1.54, 1.807) is 26.8 Å². The fraction of sp³-hybridized carbons (Fsp3) is 0.391. The minimum atomic E-state index is -0.866. The molecule has 1 heterocycles. The Kier molecular flexibility index (Phi) is 5.97. The van der Waals surface area contributed by atoms with Gasteiger partial charge in [0.05, 0.1) is 0 Å². The van der Waals surface area contributed by atoms with Crippen molar-refractivity contribution in [2.45, 2.75) is 59.0 Å². The molecule has 1 aliphatic rings. The van der Waals surface area contributed by atoms with Gasteiger partial charge in [0.25, 0.3) is 5.56 Å². The summed E-state index contributed by atoms with van der Waals surface area (Å²) < 4.78 is 5.34. The number of ether oxygens (including phenoxy) is 1. The van der Waals surface area contributed by atoms with Crippen LogP contribution in [-0.2, 0) is 28.8 Å². The van der Waals surface area contributed by atoms with Gasteiger partial charge in [0.2, 0.25) is 5.78 Å². The fourth-order valence-corrected chi connectivity index (χ4v) is 3.92. The SMILES string of the molecule is Cc1[nH]c(=O)c(C#N)c(C)c1CCC(=O)O[C@H](C)C(=O)c1ccc2c(c1)CCC2. The molecule has 0 unspecified atom stereocenters. The van der Waals surface area contributed by atoms with E-state index in [-0.39, 0.29) is 17.8 Å². The lowest BCUT2D eigenvalue weighted by atomic mass is 9.99. The fourth-order valence-electron chi connectivity index (χ4n) is 3.92. The van der Waals surface area contributed by atoms with E-state index in [1.807, 2.05) is 18.2 Å². The number of ketones is 1. The molecule has 0 fully saturated rings. The van der Waals surface area contributed by atoms with Crippen molar-refractivity contribution >= 4 is 11.8 Å². The van der Waals surface area contributed by atoms with Gasteiger partial charge >= 0.3 is 5.97 Å². The molecule has 1 aromatic carbocycles. The standard InChI is InChI=1S/C23H24N2O4/c1-13-19(14(2)25-23(28)20(13)12-24)9-10-21(26)29-15(3)22(27)18-8-7-16-5-4-6-17(16)11-18/h7-8,11,15H,4-6,9-10H2,1-3H3,(H,25,28)/t15-/m1/s1. The Bertz CT molecular complexity index is 1080. The van der Waals surface area contributed by atoms with Gasteiger partial charge < -0.3 is 9.72 Å². The first-order valence-electron chi connectivity index (χ1n) is 9.79. The van der Waals surface area contributed by atoms with Crippen LogP contribution >= 0.6 is 0 Å². The lowest BCUT2D eigenvalue weighted by Crippen LogP contribution is -2.25. The molecule has 1 aromatic heterocycles. The van der Waals surface area contributed by atoms with Crippen molar-refractivity contribution in [2.24, 2.45) is 0 Å². The molecule has 0 saturated heterocycles. The first kappa shape index (κ1) is 20.5. The topological polar surface area (TPSA) is 100 Å². The van der Waals surface area contributed by atoms with Crippen LogP contribution in [0.25, 0.3) is 0 Å². The molecule has 0 radical (unpaired) electrons. The number of aromatic amines is 1. The van der Waals surface area contributed by atoms with E-state index in [2.05, 4.69) is 4.98 Å². The number of pyridine rings is 1. The number of hydrogen-bond acceptors (Lipinski definition) is 5. The van der Waals surface area contributed by atoms with E-state index in [4.69, 9.17) is 10.00 Å². The first-order valence-corrected chi connectivity index (χ1v) is 9.79. The maximum absolute atomic E-state index is 12.6. The largest absolute Gasteiger partial charge is 0.454 e. The minimum absolute atomic E-state index is 0.0547. The van der Waals surface area contributed by atoms with Gasteiger partial charge in [-0.1, -0.05) is 12.1 Å². The highest BCUT2D eigenvalue weighted by molar-refractivity contribution is 6.00. The van der Waals surface area contributed by atoms with E-state index in [1.165, 1.54) is 11.1 Å². The number of aromatic nitrogens is 1. The maximum Gasteiger partial charge on any atom is 0.306 e. The molecule has 1 N–H and O–H groups in total. The number of benzene rings is 1. The summed E-state index contributed by atoms with van der Waals surface area (Å²) in [5.74, 6) is -0.702. The molecule has 1 atom stereocenters. The highest BCUT2D eigenvalue weighted by Crippen LogP contribution is 2.24. The van der Waals surface area contributed by atoms with Crippen molar-refractivity contribution in [1.29, 1.82) is 5.26 Å². The Morgan fingerprint density at radius 1 is 1.24 bits per heavy atom. The molecule has 0 saturated carbocycles. The molecular weight excluding hydrogens is 368 g/mol. The van der Waals surface area contributed by atoms with Crippen LogP contribution in [0.1, 0.15) is 63.6 Å². The molecule has 0 bridgehead atoms. The third kappa shape index (κ3) is 4.29. The van der Waals surface area contributed by atoms with Crippen LogP contribution in [-0.4, -0.2) is 22.8 Å². The van der Waals surface area contributed by atoms with Crippen LogP contribution < -0.4 is 5.56 Å². The van der Waals surface area contributed by atoms with Crippen LogP contribution in [0.5, 0.6) is 0 Å². The maximum atomic E-state index is 12.6. The smallest absolute Gasteiger partial charge is 0.306 e. The number of Topliss-reactive ketones (excluding diaryl/α,β-unsaturated/α-hetero) is 1. The van der Waals surface area contributed by atoms with Crippen LogP contribution in [0.15, 0.2) is 23.0 Å². The van der Waals surface area contributed by atoms with Gasteiger partial charge in [-0.3, -0.25) is 14.4 Å². The average Bonchev–Trinajstić information content (AvgIpc) is 3.15. The molecule has 150 valence electrons. The van der Waals surface area contributed by atoms with Gasteiger partial charge in [-0.05, 0) is 74.8 Å². The second-order valence-corrected chi connectivity index (χ2v) is 7.50. The number of aryl methyl sites for hydroxylation is 3.